The van der Waals surface area contributed by atoms with Crippen LogP contribution >= 0.6 is 0 Å². The van der Waals surface area contributed by atoms with E-state index in [9.17, 15) is 0 Å². The number of carboxylic acids is 2. The Morgan fingerprint density at radius 3 is 0.833 bits per heavy atom. The van der Waals surface area contributed by atoms with E-state index >= 15 is 0 Å². The van der Waals surface area contributed by atoms with Crippen molar-refractivity contribution in [3.63, 3.8) is 0 Å². The molecule has 0 aromatic heterocycles. The van der Waals surface area contributed by atoms with Gasteiger partial charge in [-0.25, -0.2) is 0 Å². The quantitative estimate of drug-likeness (QED) is 0.278. The van der Waals surface area contributed by atoms with Gasteiger partial charge in [0, 0.05) is 11.9 Å². The zero-order valence-electron chi connectivity index (χ0n) is 6.53. The molecule has 0 spiro atoms. The van der Waals surface area contributed by atoms with E-state index in [1.165, 1.54) is 0 Å². The van der Waals surface area contributed by atoms with Gasteiger partial charge in [0.1, 0.15) is 0 Å². The normalized spacial score (nSPS) is 4.17. The van der Waals surface area contributed by atoms with E-state index in [2.05, 4.69) is 0 Å². The van der Waals surface area contributed by atoms with Crippen molar-refractivity contribution in [2.45, 2.75) is 13.8 Å². The molecule has 0 rings (SSSR count). The standard InChI is InChI=1S/2C2H4O2.2H2O.2Pb/c2*1-2(3)4;;;;/h2*1H3,(H,3,4);2*1H2;;/q;;;;2*+2/p-4. The molecule has 0 aromatic rings. The number of carbonyl (C=O) groups is 2. The molecule has 0 unspecified atom stereocenters. The predicted octanol–water partition coefficient (Wildman–Crippen LogP) is -3.60. The molecule has 0 saturated heterocycles. The maximum Gasteiger partial charge on any atom is 2.00 e. The third-order valence-electron chi connectivity index (χ3n) is 0. The summed E-state index contributed by atoms with van der Waals surface area (Å²) in [6, 6.07) is 0. The van der Waals surface area contributed by atoms with E-state index in [0.717, 1.165) is 13.8 Å². The summed E-state index contributed by atoms with van der Waals surface area (Å²) < 4.78 is 0. The van der Waals surface area contributed by atoms with Crippen LogP contribution in [0.5, 0.6) is 0 Å². The summed E-state index contributed by atoms with van der Waals surface area (Å²) in [5.41, 5.74) is 0. The number of carboxylic acid groups (broad SMARTS) is 2. The van der Waals surface area contributed by atoms with Crippen molar-refractivity contribution in [2.75, 3.05) is 0 Å². The van der Waals surface area contributed by atoms with Gasteiger partial charge in [0.2, 0.25) is 0 Å². The Kier molecular flexibility index (Phi) is 96.3. The van der Waals surface area contributed by atoms with Gasteiger partial charge < -0.3 is 30.8 Å². The van der Waals surface area contributed by atoms with Crippen LogP contribution in [-0.2, 0) is 9.59 Å². The number of hydrogen-bond donors (Lipinski definition) is 0. The van der Waals surface area contributed by atoms with Gasteiger partial charge >= 0.3 is 54.6 Å². The molecule has 68 valence electrons. The van der Waals surface area contributed by atoms with Crippen LogP contribution in [0.4, 0.5) is 0 Å². The first-order chi connectivity index (χ1) is 3.46. The van der Waals surface area contributed by atoms with Gasteiger partial charge in [0.15, 0.2) is 0 Å². The van der Waals surface area contributed by atoms with Crippen molar-refractivity contribution in [3.05, 3.63) is 0 Å². The molecule has 0 aliphatic heterocycles. The molecular formula is C4H8O6Pb2. The topological polar surface area (TPSA) is 140 Å². The Morgan fingerprint density at radius 1 is 0.833 bits per heavy atom. The van der Waals surface area contributed by atoms with Crippen LogP contribution in [0.25, 0.3) is 0 Å². The molecule has 6 nitrogen and oxygen atoms in total. The van der Waals surface area contributed by atoms with Crippen molar-refractivity contribution in [3.8, 4) is 0 Å². The van der Waals surface area contributed by atoms with Crippen LogP contribution in [0.3, 0.4) is 0 Å². The molecule has 12 heavy (non-hydrogen) atoms. The first kappa shape index (κ1) is 38.7. The van der Waals surface area contributed by atoms with Crippen LogP contribution in [0.1, 0.15) is 13.8 Å². The average Bonchev–Trinajstić information content (AvgIpc) is 1.25. The van der Waals surface area contributed by atoms with Gasteiger partial charge in [-0.3, -0.25) is 0 Å². The summed E-state index contributed by atoms with van der Waals surface area (Å²) in [4.78, 5) is 17.8. The Morgan fingerprint density at radius 2 is 0.833 bits per heavy atom. The summed E-state index contributed by atoms with van der Waals surface area (Å²) >= 11 is 0. The second kappa shape index (κ2) is 29.8. The number of hydrogen-bond acceptors (Lipinski definition) is 6. The van der Waals surface area contributed by atoms with Crippen molar-refractivity contribution < 1.29 is 30.8 Å². The van der Waals surface area contributed by atoms with Crippen molar-refractivity contribution in [1.82, 2.24) is 0 Å². The summed E-state index contributed by atoms with van der Waals surface area (Å²) in [7, 11) is 0. The van der Waals surface area contributed by atoms with Crippen LogP contribution in [0.2, 0.25) is 0 Å². The minimum absolute atomic E-state index is 0. The van der Waals surface area contributed by atoms with Crippen molar-refractivity contribution in [2.24, 2.45) is 0 Å². The van der Waals surface area contributed by atoms with Gasteiger partial charge in [0.25, 0.3) is 0 Å². The second-order valence-electron chi connectivity index (χ2n) is 0.983. The molecular weight excluding hydrogens is 558 g/mol. The fourth-order valence-corrected chi connectivity index (χ4v) is 0. The minimum atomic E-state index is -1.08. The maximum absolute atomic E-state index is 8.89. The maximum atomic E-state index is 8.89. The van der Waals surface area contributed by atoms with Gasteiger partial charge in [-0.05, 0) is 13.8 Å². The molecule has 4 radical (unpaired) electrons. The largest absolute Gasteiger partial charge is 2.00 e. The summed E-state index contributed by atoms with van der Waals surface area (Å²) in [5.74, 6) is -2.17. The monoisotopic (exact) mass is 568 g/mol. The van der Waals surface area contributed by atoms with Gasteiger partial charge in [0.05, 0.1) is 0 Å². The third kappa shape index (κ3) is 2030. The zero-order valence-corrected chi connectivity index (χ0v) is 14.3. The van der Waals surface area contributed by atoms with Gasteiger partial charge in [-0.1, -0.05) is 0 Å². The number of rotatable bonds is 0. The van der Waals surface area contributed by atoms with Crippen molar-refractivity contribution >= 4 is 66.5 Å². The molecule has 0 aliphatic carbocycles. The molecule has 0 aromatic carbocycles. The van der Waals surface area contributed by atoms with Gasteiger partial charge in [-0.2, -0.15) is 0 Å². The fraction of sp³-hybridized carbons (Fsp3) is 0.500. The Bertz CT molecular complexity index is 75.5. The fourth-order valence-electron chi connectivity index (χ4n) is 0. The molecule has 8 heteroatoms. The number of aliphatic carboxylic acids is 2. The van der Waals surface area contributed by atoms with E-state index in [-0.39, 0.29) is 65.5 Å². The first-order valence-electron chi connectivity index (χ1n) is 1.82. The Labute approximate surface area is 110 Å². The Balaban J connectivity index is -0.0000000112. The summed E-state index contributed by atoms with van der Waals surface area (Å²) in [6.45, 7) is 1.94. The first-order valence-corrected chi connectivity index (χ1v) is 1.82. The smallest absolute Gasteiger partial charge is 0.870 e. The van der Waals surface area contributed by atoms with Gasteiger partial charge in [-0.15, -0.1) is 0 Å². The van der Waals surface area contributed by atoms with E-state index in [0.29, 0.717) is 0 Å². The van der Waals surface area contributed by atoms with E-state index in [4.69, 9.17) is 19.8 Å². The molecule has 0 heterocycles. The average molecular weight is 567 g/mol. The molecule has 0 aliphatic rings. The summed E-state index contributed by atoms with van der Waals surface area (Å²) in [6.07, 6.45) is 0. The van der Waals surface area contributed by atoms with Crippen LogP contribution in [0, 0.1) is 0 Å². The van der Waals surface area contributed by atoms with Crippen LogP contribution < -0.4 is 10.2 Å². The minimum Gasteiger partial charge on any atom is -0.870 e. The van der Waals surface area contributed by atoms with E-state index < -0.39 is 11.9 Å². The molecule has 0 fully saturated rings. The molecule has 0 saturated carbocycles. The predicted molar refractivity (Wildman–Crippen MR) is 36.7 cm³/mol. The van der Waals surface area contributed by atoms with Crippen LogP contribution in [-0.4, -0.2) is 77.5 Å². The van der Waals surface area contributed by atoms with E-state index in [1.54, 1.807) is 0 Å². The molecule has 0 amide bonds. The van der Waals surface area contributed by atoms with Crippen molar-refractivity contribution in [1.29, 1.82) is 0 Å². The second-order valence-corrected chi connectivity index (χ2v) is 0.983. The summed E-state index contributed by atoms with van der Waals surface area (Å²) in [5, 5.41) is 17.8. The SMILES string of the molecule is CC(=O)[O-].CC(=O)[O-].[OH-].[OH-].[Pb+2].[Pb+2]. The van der Waals surface area contributed by atoms with Crippen LogP contribution in [0.15, 0.2) is 0 Å². The number of carbonyl (C=O) groups excluding carboxylic acids is 2. The molecule has 0 bridgehead atoms. The molecule has 2 N–H and O–H groups in total. The zero-order chi connectivity index (χ0) is 7.15. The van der Waals surface area contributed by atoms with E-state index in [1.807, 2.05) is 0 Å². The Hall–Kier alpha value is 0.704. The molecule has 0 atom stereocenters. The third-order valence-corrected chi connectivity index (χ3v) is 0.